The van der Waals surface area contributed by atoms with Gasteiger partial charge in [-0.1, -0.05) is 26.8 Å². The van der Waals surface area contributed by atoms with Crippen molar-refractivity contribution in [1.29, 1.82) is 0 Å². The SMILES string of the molecule is CCNCc1ccc(OC)c(S(=O)(=O)NC2CC2(C)C)c1. The molecular weight excluding hydrogens is 288 g/mol. The summed E-state index contributed by atoms with van der Waals surface area (Å²) in [6, 6.07) is 5.27. The Kier molecular flexibility index (Phi) is 4.60. The number of nitrogens with one attached hydrogen (secondary N) is 2. The molecule has 6 heteroatoms. The maximum absolute atomic E-state index is 12.6. The maximum Gasteiger partial charge on any atom is 0.244 e. The van der Waals surface area contributed by atoms with Crippen LogP contribution in [0.2, 0.25) is 0 Å². The number of methoxy groups -OCH3 is 1. The van der Waals surface area contributed by atoms with Gasteiger partial charge in [0.1, 0.15) is 10.6 Å². The Balaban J connectivity index is 2.27. The van der Waals surface area contributed by atoms with Gasteiger partial charge >= 0.3 is 0 Å². The van der Waals surface area contributed by atoms with Crippen LogP contribution in [0.25, 0.3) is 0 Å². The second-order valence-corrected chi connectivity index (χ2v) is 7.81. The summed E-state index contributed by atoms with van der Waals surface area (Å²) in [4.78, 5) is 0.211. The molecule has 0 spiro atoms. The van der Waals surface area contributed by atoms with Gasteiger partial charge in [-0.05, 0) is 36.1 Å². The molecule has 1 saturated carbocycles. The quantitative estimate of drug-likeness (QED) is 0.807. The van der Waals surface area contributed by atoms with E-state index in [0.29, 0.717) is 12.3 Å². The van der Waals surface area contributed by atoms with E-state index in [9.17, 15) is 8.42 Å². The van der Waals surface area contributed by atoms with Crippen LogP contribution in [-0.4, -0.2) is 28.1 Å². The molecule has 5 nitrogen and oxygen atoms in total. The van der Waals surface area contributed by atoms with Crippen LogP contribution in [0.4, 0.5) is 0 Å². The van der Waals surface area contributed by atoms with Crippen LogP contribution in [0.3, 0.4) is 0 Å². The molecule has 1 atom stereocenters. The molecular formula is C15H24N2O3S. The summed E-state index contributed by atoms with van der Waals surface area (Å²) in [7, 11) is -2.08. The third kappa shape index (κ3) is 3.75. The first-order chi connectivity index (χ1) is 9.80. The van der Waals surface area contributed by atoms with Crippen LogP contribution in [0.15, 0.2) is 23.1 Å². The van der Waals surface area contributed by atoms with Crippen molar-refractivity contribution in [2.75, 3.05) is 13.7 Å². The second kappa shape index (κ2) is 5.94. The minimum absolute atomic E-state index is 0.00429. The average Bonchev–Trinajstić information content (AvgIpc) is 3.01. The molecule has 0 heterocycles. The molecule has 1 unspecified atom stereocenters. The van der Waals surface area contributed by atoms with Crippen molar-refractivity contribution in [2.45, 2.75) is 44.7 Å². The predicted octanol–water partition coefficient (Wildman–Crippen LogP) is 1.88. The van der Waals surface area contributed by atoms with Crippen LogP contribution < -0.4 is 14.8 Å². The van der Waals surface area contributed by atoms with Gasteiger partial charge in [-0.25, -0.2) is 13.1 Å². The monoisotopic (exact) mass is 312 g/mol. The molecule has 1 fully saturated rings. The van der Waals surface area contributed by atoms with Crippen LogP contribution in [0.5, 0.6) is 5.75 Å². The molecule has 0 saturated heterocycles. The van der Waals surface area contributed by atoms with Crippen LogP contribution in [0.1, 0.15) is 32.8 Å². The lowest BCUT2D eigenvalue weighted by Gasteiger charge is -2.13. The van der Waals surface area contributed by atoms with Gasteiger partial charge in [-0.2, -0.15) is 0 Å². The predicted molar refractivity (Wildman–Crippen MR) is 82.9 cm³/mol. The molecule has 1 aromatic carbocycles. The van der Waals surface area contributed by atoms with E-state index in [-0.39, 0.29) is 16.4 Å². The van der Waals surface area contributed by atoms with Crippen molar-refractivity contribution in [3.63, 3.8) is 0 Å². The van der Waals surface area contributed by atoms with E-state index in [1.54, 1.807) is 12.1 Å². The molecule has 21 heavy (non-hydrogen) atoms. The lowest BCUT2D eigenvalue weighted by atomic mass is 10.2. The minimum atomic E-state index is -3.56. The largest absolute Gasteiger partial charge is 0.495 e. The molecule has 2 rings (SSSR count). The summed E-state index contributed by atoms with van der Waals surface area (Å²) in [6.07, 6.45) is 0.867. The number of hydrogen-bond acceptors (Lipinski definition) is 4. The number of sulfonamides is 1. The standard InChI is InChI=1S/C15H24N2O3S/c1-5-16-10-11-6-7-12(20-4)13(8-11)21(18,19)17-14-9-15(14,2)3/h6-8,14,16-17H,5,9-10H2,1-4H3. The number of ether oxygens (including phenoxy) is 1. The van der Waals surface area contributed by atoms with Gasteiger partial charge in [0.2, 0.25) is 10.0 Å². The van der Waals surface area contributed by atoms with Crippen molar-refractivity contribution < 1.29 is 13.2 Å². The molecule has 0 amide bonds. The van der Waals surface area contributed by atoms with E-state index in [1.165, 1.54) is 7.11 Å². The molecule has 0 radical (unpaired) electrons. The third-order valence-electron chi connectivity index (χ3n) is 3.91. The fourth-order valence-corrected chi connectivity index (χ4v) is 3.86. The van der Waals surface area contributed by atoms with Crippen LogP contribution in [-0.2, 0) is 16.6 Å². The van der Waals surface area contributed by atoms with E-state index in [0.717, 1.165) is 18.5 Å². The normalized spacial score (nSPS) is 20.3. The Morgan fingerprint density at radius 2 is 2.05 bits per heavy atom. The van der Waals surface area contributed by atoms with E-state index in [4.69, 9.17) is 4.74 Å². The lowest BCUT2D eigenvalue weighted by molar-refractivity contribution is 0.401. The van der Waals surface area contributed by atoms with Gasteiger partial charge < -0.3 is 10.1 Å². The van der Waals surface area contributed by atoms with Gasteiger partial charge in [-0.15, -0.1) is 0 Å². The Bertz CT molecular complexity index is 611. The molecule has 0 bridgehead atoms. The summed E-state index contributed by atoms with van der Waals surface area (Å²) in [5.41, 5.74) is 0.967. The summed E-state index contributed by atoms with van der Waals surface area (Å²) in [5.74, 6) is 0.376. The summed E-state index contributed by atoms with van der Waals surface area (Å²) < 4.78 is 33.1. The van der Waals surface area contributed by atoms with Gasteiger partial charge in [0.15, 0.2) is 0 Å². The van der Waals surface area contributed by atoms with Gasteiger partial charge in [0.25, 0.3) is 0 Å². The Hall–Kier alpha value is -1.11. The first-order valence-electron chi connectivity index (χ1n) is 7.20. The smallest absolute Gasteiger partial charge is 0.244 e. The first kappa shape index (κ1) is 16.3. The number of benzene rings is 1. The zero-order chi connectivity index (χ0) is 15.7. The molecule has 1 aromatic rings. The highest BCUT2D eigenvalue weighted by atomic mass is 32.2. The number of rotatable bonds is 7. The van der Waals surface area contributed by atoms with Crippen molar-refractivity contribution in [3.8, 4) is 5.75 Å². The van der Waals surface area contributed by atoms with Crippen molar-refractivity contribution in [1.82, 2.24) is 10.0 Å². The molecule has 0 aromatic heterocycles. The first-order valence-corrected chi connectivity index (χ1v) is 8.68. The van der Waals surface area contributed by atoms with Gasteiger partial charge in [0, 0.05) is 12.6 Å². The summed E-state index contributed by atoms with van der Waals surface area (Å²) in [6.45, 7) is 7.59. The minimum Gasteiger partial charge on any atom is -0.495 e. The van der Waals surface area contributed by atoms with E-state index in [1.807, 2.05) is 13.0 Å². The Morgan fingerprint density at radius 3 is 2.57 bits per heavy atom. The van der Waals surface area contributed by atoms with Gasteiger partial charge in [-0.3, -0.25) is 0 Å². The topological polar surface area (TPSA) is 67.4 Å². The van der Waals surface area contributed by atoms with Crippen LogP contribution in [0, 0.1) is 5.41 Å². The second-order valence-electron chi connectivity index (χ2n) is 6.13. The molecule has 0 aliphatic heterocycles. The number of hydrogen-bond donors (Lipinski definition) is 2. The van der Waals surface area contributed by atoms with E-state index < -0.39 is 10.0 Å². The average molecular weight is 312 g/mol. The van der Waals surface area contributed by atoms with E-state index >= 15 is 0 Å². The summed E-state index contributed by atoms with van der Waals surface area (Å²) in [5, 5.41) is 3.19. The van der Waals surface area contributed by atoms with Gasteiger partial charge in [0.05, 0.1) is 7.11 Å². The fourth-order valence-electron chi connectivity index (χ4n) is 2.23. The zero-order valence-corrected chi connectivity index (χ0v) is 13.9. The van der Waals surface area contributed by atoms with Crippen molar-refractivity contribution >= 4 is 10.0 Å². The highest BCUT2D eigenvalue weighted by Gasteiger charge is 2.48. The molecule has 118 valence electrons. The molecule has 1 aliphatic carbocycles. The highest BCUT2D eigenvalue weighted by molar-refractivity contribution is 7.89. The summed E-state index contributed by atoms with van der Waals surface area (Å²) >= 11 is 0. The lowest BCUT2D eigenvalue weighted by Crippen LogP contribution is -2.29. The Morgan fingerprint density at radius 1 is 1.38 bits per heavy atom. The van der Waals surface area contributed by atoms with Crippen molar-refractivity contribution in [2.24, 2.45) is 5.41 Å². The van der Waals surface area contributed by atoms with E-state index in [2.05, 4.69) is 23.9 Å². The van der Waals surface area contributed by atoms with Crippen LogP contribution >= 0.6 is 0 Å². The zero-order valence-electron chi connectivity index (χ0n) is 13.1. The fraction of sp³-hybridized carbons (Fsp3) is 0.600. The highest BCUT2D eigenvalue weighted by Crippen LogP contribution is 2.45. The Labute approximate surface area is 127 Å². The molecule has 2 N–H and O–H groups in total. The van der Waals surface area contributed by atoms with Crippen molar-refractivity contribution in [3.05, 3.63) is 23.8 Å². The maximum atomic E-state index is 12.6. The third-order valence-corrected chi connectivity index (χ3v) is 5.40. The molecule has 1 aliphatic rings.